The Kier molecular flexibility index (Phi) is 9.23. The summed E-state index contributed by atoms with van der Waals surface area (Å²) in [5.41, 5.74) is 5.82. The number of allylic oxidation sites excluding steroid dienone is 1. The highest BCUT2D eigenvalue weighted by molar-refractivity contribution is 6.22. The summed E-state index contributed by atoms with van der Waals surface area (Å²) in [6, 6.07) is 11.6. The Labute approximate surface area is 327 Å². The summed E-state index contributed by atoms with van der Waals surface area (Å²) in [5, 5.41) is 3.98. The first-order valence-corrected chi connectivity index (χ1v) is 19.4. The molecule has 4 aromatic rings. The number of carbonyl (C=O) groups is 3. The number of aromatic amines is 1. The highest BCUT2D eigenvalue weighted by Gasteiger charge is 2.44. The standard InChI is InChI=1S/C43H43F4N7O3/c1-23-9-10-36(25(3)48-23)54-42(56)31-14-26-18-52(19-27(26)15-32(31)43(54)57)38(55)21-50-11-6-12-51(22-50)28-16-33(44)39(34(45)17-28)41-40-30(13-24(2)53(41)20-37(46)47)29-7-4-5-8-35(29)49-40/h4-5,7-8,14-17,24,36-37,41,48-49H,1,3,6,9-13,18-22H2,2H3/t24-,36?,41-/m1/s1. The van der Waals surface area contributed by atoms with Crippen molar-refractivity contribution >= 4 is 34.3 Å². The number of hydrogen-bond donors (Lipinski definition) is 2. The quantitative estimate of drug-likeness (QED) is 0.165. The van der Waals surface area contributed by atoms with Gasteiger partial charge in [-0.25, -0.2) is 17.6 Å². The van der Waals surface area contributed by atoms with Gasteiger partial charge >= 0.3 is 0 Å². The molecule has 296 valence electrons. The minimum Gasteiger partial charge on any atom is -0.362 e. The zero-order chi connectivity index (χ0) is 39.9. The molecule has 1 unspecified atom stereocenters. The molecule has 2 N–H and O–H groups in total. The monoisotopic (exact) mass is 781 g/mol. The van der Waals surface area contributed by atoms with Gasteiger partial charge < -0.3 is 20.1 Å². The number of amides is 3. The molecular formula is C43H43F4N7O3. The molecule has 0 spiro atoms. The molecule has 5 aliphatic rings. The Morgan fingerprint density at radius 2 is 1.65 bits per heavy atom. The average Bonchev–Trinajstić information content (AvgIpc) is 3.83. The van der Waals surface area contributed by atoms with Crippen LogP contribution < -0.4 is 10.2 Å². The van der Waals surface area contributed by atoms with E-state index in [0.717, 1.165) is 33.3 Å². The predicted molar refractivity (Wildman–Crippen MR) is 206 cm³/mol. The number of para-hydroxylation sites is 1. The maximum atomic E-state index is 16.3. The molecule has 0 radical (unpaired) electrons. The molecule has 3 aromatic carbocycles. The third-order valence-corrected chi connectivity index (χ3v) is 12.3. The topological polar surface area (TPSA) is 95.2 Å². The number of fused-ring (bicyclic) bond motifs is 5. The number of hydrogen-bond acceptors (Lipinski definition) is 7. The van der Waals surface area contributed by atoms with Gasteiger partial charge in [0.05, 0.1) is 43.0 Å². The van der Waals surface area contributed by atoms with Crippen molar-refractivity contribution in [3.63, 3.8) is 0 Å². The van der Waals surface area contributed by atoms with Crippen LogP contribution in [0.5, 0.6) is 0 Å². The molecule has 0 saturated carbocycles. The van der Waals surface area contributed by atoms with Gasteiger partial charge in [-0.05, 0) is 79.6 Å². The molecular weight excluding hydrogens is 739 g/mol. The summed E-state index contributed by atoms with van der Waals surface area (Å²) in [6.45, 7) is 11.1. The van der Waals surface area contributed by atoms with Crippen molar-refractivity contribution in [3.05, 3.63) is 124 Å². The van der Waals surface area contributed by atoms with Gasteiger partial charge in [-0.2, -0.15) is 0 Å². The first kappa shape index (κ1) is 37.1. The fourth-order valence-electron chi connectivity index (χ4n) is 9.53. The number of piperidine rings is 1. The van der Waals surface area contributed by atoms with Gasteiger partial charge in [0.15, 0.2) is 0 Å². The van der Waals surface area contributed by atoms with Crippen LogP contribution >= 0.6 is 0 Å². The van der Waals surface area contributed by atoms with Crippen LogP contribution in [0.3, 0.4) is 0 Å². The fraction of sp³-hybridized carbons (Fsp3) is 0.372. The van der Waals surface area contributed by atoms with Gasteiger partial charge in [-0.1, -0.05) is 31.4 Å². The van der Waals surface area contributed by atoms with Crippen LogP contribution in [0.1, 0.15) is 80.9 Å². The lowest BCUT2D eigenvalue weighted by atomic mass is 9.88. The second kappa shape index (κ2) is 14.2. The molecule has 10 nitrogen and oxygen atoms in total. The Morgan fingerprint density at radius 3 is 2.32 bits per heavy atom. The minimum absolute atomic E-state index is 0.0622. The van der Waals surface area contributed by atoms with Crippen LogP contribution in [0.2, 0.25) is 0 Å². The van der Waals surface area contributed by atoms with E-state index >= 15 is 8.78 Å². The number of alkyl halides is 2. The van der Waals surface area contributed by atoms with Crippen LogP contribution in [0.4, 0.5) is 23.2 Å². The number of anilines is 1. The SMILES string of the molecule is C=C1CCC(N2C(=O)c3cc4c(cc3C2=O)CN(C(=O)CN2CCCN(c3cc(F)c([C@@H]5c6[nH]c7ccccc7c6C[C@@H](C)N5CC(F)F)c(F)c3)C2)C4)C(=C)N1. The summed E-state index contributed by atoms with van der Waals surface area (Å²) in [6.07, 6.45) is -0.422. The van der Waals surface area contributed by atoms with Crippen molar-refractivity contribution in [2.45, 2.75) is 70.2 Å². The molecule has 6 heterocycles. The number of rotatable bonds is 7. The molecule has 0 bridgehead atoms. The maximum Gasteiger partial charge on any atom is 0.262 e. The molecule has 0 aliphatic carbocycles. The van der Waals surface area contributed by atoms with E-state index < -0.39 is 42.7 Å². The van der Waals surface area contributed by atoms with E-state index in [4.69, 9.17) is 0 Å². The maximum absolute atomic E-state index is 16.3. The zero-order valence-electron chi connectivity index (χ0n) is 31.6. The normalized spacial score (nSPS) is 22.8. The molecule has 9 rings (SSSR count). The van der Waals surface area contributed by atoms with E-state index in [9.17, 15) is 23.2 Å². The second-order valence-electron chi connectivity index (χ2n) is 15.9. The Hall–Kier alpha value is -5.47. The van der Waals surface area contributed by atoms with Crippen molar-refractivity contribution < 1.29 is 31.9 Å². The number of carbonyl (C=O) groups excluding carboxylic acids is 3. The highest BCUT2D eigenvalue weighted by atomic mass is 19.3. The van der Waals surface area contributed by atoms with Gasteiger partial charge in [0.1, 0.15) is 11.6 Å². The lowest BCUT2D eigenvalue weighted by molar-refractivity contribution is -0.133. The van der Waals surface area contributed by atoms with Gasteiger partial charge in [-0.3, -0.25) is 29.1 Å². The second-order valence-corrected chi connectivity index (χ2v) is 15.9. The van der Waals surface area contributed by atoms with Crippen molar-refractivity contribution in [3.8, 4) is 0 Å². The van der Waals surface area contributed by atoms with Crippen LogP contribution in [0.25, 0.3) is 10.9 Å². The van der Waals surface area contributed by atoms with Gasteiger partial charge in [0.25, 0.3) is 18.2 Å². The molecule has 1 aromatic heterocycles. The van der Waals surface area contributed by atoms with Gasteiger partial charge in [0.2, 0.25) is 5.91 Å². The van der Waals surface area contributed by atoms with E-state index in [0.29, 0.717) is 67.0 Å². The number of aromatic nitrogens is 1. The average molecular weight is 782 g/mol. The first-order chi connectivity index (χ1) is 27.4. The number of nitrogens with one attached hydrogen (secondary N) is 2. The van der Waals surface area contributed by atoms with Crippen LogP contribution in [-0.2, 0) is 24.3 Å². The van der Waals surface area contributed by atoms with E-state index in [1.54, 1.807) is 17.0 Å². The smallest absolute Gasteiger partial charge is 0.262 e. The lowest BCUT2D eigenvalue weighted by Gasteiger charge is -2.41. The highest BCUT2D eigenvalue weighted by Crippen LogP contribution is 2.43. The van der Waals surface area contributed by atoms with E-state index in [2.05, 4.69) is 23.5 Å². The number of benzene rings is 3. The molecule has 57 heavy (non-hydrogen) atoms. The molecule has 2 fully saturated rings. The third-order valence-electron chi connectivity index (χ3n) is 12.3. The summed E-state index contributed by atoms with van der Waals surface area (Å²) in [4.78, 5) is 52.1. The Bertz CT molecular complexity index is 2310. The number of nitrogens with zero attached hydrogens (tertiary/aromatic N) is 5. The predicted octanol–water partition coefficient (Wildman–Crippen LogP) is 6.43. The van der Waals surface area contributed by atoms with Crippen LogP contribution in [0, 0.1) is 11.6 Å². The van der Waals surface area contributed by atoms with Crippen LogP contribution in [-0.4, -0.2) is 93.7 Å². The minimum atomic E-state index is -2.70. The largest absolute Gasteiger partial charge is 0.362 e. The molecule has 3 amide bonds. The molecule has 3 atom stereocenters. The van der Waals surface area contributed by atoms with Crippen molar-refractivity contribution in [1.29, 1.82) is 0 Å². The van der Waals surface area contributed by atoms with E-state index in [1.807, 2.05) is 41.0 Å². The summed E-state index contributed by atoms with van der Waals surface area (Å²) in [7, 11) is 0. The molecule has 2 saturated heterocycles. The number of halogens is 4. The van der Waals surface area contributed by atoms with Crippen molar-refractivity contribution in [2.75, 3.05) is 37.7 Å². The Morgan fingerprint density at radius 1 is 0.965 bits per heavy atom. The van der Waals surface area contributed by atoms with Crippen molar-refractivity contribution in [2.24, 2.45) is 0 Å². The summed E-state index contributed by atoms with van der Waals surface area (Å²) in [5.74, 6) is -2.55. The zero-order valence-corrected chi connectivity index (χ0v) is 31.6. The number of imide groups is 1. The Balaban J connectivity index is 0.896. The number of H-pyrrole nitrogens is 1. The summed E-state index contributed by atoms with van der Waals surface area (Å²) >= 11 is 0. The van der Waals surface area contributed by atoms with Crippen LogP contribution in [0.15, 0.2) is 73.1 Å². The lowest BCUT2D eigenvalue weighted by Crippen LogP contribution is -2.49. The van der Waals surface area contributed by atoms with E-state index in [-0.39, 0.29) is 49.6 Å². The molecule has 5 aliphatic heterocycles. The fourth-order valence-corrected chi connectivity index (χ4v) is 9.53. The van der Waals surface area contributed by atoms with E-state index in [1.165, 1.54) is 21.9 Å². The molecule has 14 heteroatoms. The van der Waals surface area contributed by atoms with Crippen molar-refractivity contribution in [1.82, 2.24) is 29.9 Å². The first-order valence-electron chi connectivity index (χ1n) is 19.4. The van der Waals surface area contributed by atoms with Gasteiger partial charge in [0, 0.05) is 71.5 Å². The third kappa shape index (κ3) is 6.38. The van der Waals surface area contributed by atoms with Gasteiger partial charge in [-0.15, -0.1) is 0 Å². The summed E-state index contributed by atoms with van der Waals surface area (Å²) < 4.78 is 60.5.